The maximum atomic E-state index is 5.97. The molecule has 1 heterocycles. The van der Waals surface area contributed by atoms with Crippen LogP contribution in [0.15, 0.2) is 18.3 Å². The SMILES string of the molecule is Nc1c[nH]c2ccc3c(c12)CCCC3. The summed E-state index contributed by atoms with van der Waals surface area (Å²) in [4.78, 5) is 3.21. The molecule has 1 aliphatic rings. The van der Waals surface area contributed by atoms with Crippen LogP contribution in [0.4, 0.5) is 5.69 Å². The standard InChI is InChI=1S/C12H14N2/c13-10-7-14-11-6-5-8-3-1-2-4-9(8)12(10)11/h5-7,14H,1-4,13H2. The first-order valence-electron chi connectivity index (χ1n) is 5.23. The van der Waals surface area contributed by atoms with Gasteiger partial charge in [-0.15, -0.1) is 0 Å². The fraction of sp³-hybridized carbons (Fsp3) is 0.333. The second kappa shape index (κ2) is 2.77. The summed E-state index contributed by atoms with van der Waals surface area (Å²) in [7, 11) is 0. The third-order valence-electron chi connectivity index (χ3n) is 3.20. The second-order valence-corrected chi connectivity index (χ2v) is 4.08. The Morgan fingerprint density at radius 3 is 2.93 bits per heavy atom. The highest BCUT2D eigenvalue weighted by Crippen LogP contribution is 2.31. The summed E-state index contributed by atoms with van der Waals surface area (Å²) in [5.74, 6) is 0. The molecule has 0 aliphatic heterocycles. The first-order chi connectivity index (χ1) is 6.86. The van der Waals surface area contributed by atoms with E-state index in [1.807, 2.05) is 6.20 Å². The number of nitrogen functional groups attached to an aromatic ring is 1. The summed E-state index contributed by atoms with van der Waals surface area (Å²) >= 11 is 0. The van der Waals surface area contributed by atoms with Crippen molar-refractivity contribution >= 4 is 16.6 Å². The lowest BCUT2D eigenvalue weighted by Crippen LogP contribution is -2.03. The van der Waals surface area contributed by atoms with E-state index < -0.39 is 0 Å². The van der Waals surface area contributed by atoms with Crippen molar-refractivity contribution in [3.63, 3.8) is 0 Å². The number of hydrogen-bond donors (Lipinski definition) is 2. The van der Waals surface area contributed by atoms with Gasteiger partial charge in [-0.2, -0.15) is 0 Å². The Labute approximate surface area is 83.1 Å². The fourth-order valence-electron chi connectivity index (χ4n) is 2.51. The number of nitrogens with one attached hydrogen (secondary N) is 1. The maximum absolute atomic E-state index is 5.97. The molecule has 2 aromatic rings. The van der Waals surface area contributed by atoms with Crippen molar-refractivity contribution in [1.82, 2.24) is 4.98 Å². The summed E-state index contributed by atoms with van der Waals surface area (Å²) in [5.41, 5.74) is 11.0. The Morgan fingerprint density at radius 2 is 2.00 bits per heavy atom. The topological polar surface area (TPSA) is 41.8 Å². The molecule has 0 fully saturated rings. The molecule has 0 saturated carbocycles. The Bertz CT molecular complexity index is 482. The lowest BCUT2D eigenvalue weighted by molar-refractivity contribution is 0.690. The number of aromatic nitrogens is 1. The summed E-state index contributed by atoms with van der Waals surface area (Å²) < 4.78 is 0. The molecular formula is C12H14N2. The first-order valence-corrected chi connectivity index (χ1v) is 5.23. The first kappa shape index (κ1) is 7.92. The molecular weight excluding hydrogens is 172 g/mol. The minimum Gasteiger partial charge on any atom is -0.397 e. The van der Waals surface area contributed by atoms with Gasteiger partial charge in [0.25, 0.3) is 0 Å². The van der Waals surface area contributed by atoms with Crippen LogP contribution in [0.1, 0.15) is 24.0 Å². The van der Waals surface area contributed by atoms with Crippen LogP contribution in [0.25, 0.3) is 10.9 Å². The van der Waals surface area contributed by atoms with Crippen molar-refractivity contribution in [2.75, 3.05) is 5.73 Å². The van der Waals surface area contributed by atoms with Crippen LogP contribution < -0.4 is 5.73 Å². The Morgan fingerprint density at radius 1 is 1.14 bits per heavy atom. The molecule has 0 saturated heterocycles. The van der Waals surface area contributed by atoms with Gasteiger partial charge in [-0.3, -0.25) is 0 Å². The van der Waals surface area contributed by atoms with Crippen LogP contribution in [0.5, 0.6) is 0 Å². The predicted octanol–water partition coefficient (Wildman–Crippen LogP) is 2.63. The molecule has 0 radical (unpaired) electrons. The molecule has 3 N–H and O–H groups in total. The van der Waals surface area contributed by atoms with Crippen molar-refractivity contribution in [2.45, 2.75) is 25.7 Å². The van der Waals surface area contributed by atoms with Crippen molar-refractivity contribution in [2.24, 2.45) is 0 Å². The van der Waals surface area contributed by atoms with Crippen molar-refractivity contribution < 1.29 is 0 Å². The molecule has 0 unspecified atom stereocenters. The number of H-pyrrole nitrogens is 1. The van der Waals surface area contributed by atoms with Gasteiger partial charge in [-0.05, 0) is 42.9 Å². The summed E-state index contributed by atoms with van der Waals surface area (Å²) in [6.07, 6.45) is 6.93. The average molecular weight is 186 g/mol. The number of aryl methyl sites for hydroxylation is 2. The van der Waals surface area contributed by atoms with Gasteiger partial charge in [0.15, 0.2) is 0 Å². The number of hydrogen-bond acceptors (Lipinski definition) is 1. The van der Waals surface area contributed by atoms with Gasteiger partial charge in [0, 0.05) is 17.1 Å². The molecule has 3 rings (SSSR count). The van der Waals surface area contributed by atoms with Crippen LogP contribution in [0.2, 0.25) is 0 Å². The van der Waals surface area contributed by atoms with Crippen molar-refractivity contribution in [3.05, 3.63) is 29.5 Å². The largest absolute Gasteiger partial charge is 0.397 e. The minimum atomic E-state index is 0.902. The maximum Gasteiger partial charge on any atom is 0.0574 e. The van der Waals surface area contributed by atoms with Crippen LogP contribution in [-0.4, -0.2) is 4.98 Å². The van der Waals surface area contributed by atoms with Crippen LogP contribution in [-0.2, 0) is 12.8 Å². The van der Waals surface area contributed by atoms with E-state index in [-0.39, 0.29) is 0 Å². The number of aromatic amines is 1. The Kier molecular flexibility index (Phi) is 1.57. The number of nitrogens with two attached hydrogens (primary N) is 1. The quantitative estimate of drug-likeness (QED) is 0.652. The van der Waals surface area contributed by atoms with Gasteiger partial charge in [0.2, 0.25) is 0 Å². The zero-order chi connectivity index (χ0) is 9.54. The third-order valence-corrected chi connectivity index (χ3v) is 3.20. The normalized spacial score (nSPS) is 15.7. The van der Waals surface area contributed by atoms with Crippen LogP contribution in [0, 0.1) is 0 Å². The molecule has 0 spiro atoms. The van der Waals surface area contributed by atoms with Crippen molar-refractivity contribution in [1.29, 1.82) is 0 Å². The number of rotatable bonds is 0. The minimum absolute atomic E-state index is 0.902. The highest BCUT2D eigenvalue weighted by molar-refractivity contribution is 5.95. The lowest BCUT2D eigenvalue weighted by Gasteiger charge is -2.16. The monoisotopic (exact) mass is 186 g/mol. The lowest BCUT2D eigenvalue weighted by atomic mass is 9.89. The van der Waals surface area contributed by atoms with Crippen LogP contribution >= 0.6 is 0 Å². The number of fused-ring (bicyclic) bond motifs is 3. The molecule has 2 heteroatoms. The summed E-state index contributed by atoms with van der Waals surface area (Å²) in [6, 6.07) is 4.39. The highest BCUT2D eigenvalue weighted by Gasteiger charge is 2.14. The smallest absolute Gasteiger partial charge is 0.0574 e. The predicted molar refractivity (Wildman–Crippen MR) is 59.4 cm³/mol. The van der Waals surface area contributed by atoms with E-state index >= 15 is 0 Å². The molecule has 1 aromatic heterocycles. The van der Waals surface area contributed by atoms with Crippen molar-refractivity contribution in [3.8, 4) is 0 Å². The zero-order valence-corrected chi connectivity index (χ0v) is 8.14. The highest BCUT2D eigenvalue weighted by atomic mass is 14.7. The number of benzene rings is 1. The molecule has 72 valence electrons. The van der Waals surface area contributed by atoms with Gasteiger partial charge in [-0.1, -0.05) is 6.07 Å². The van der Waals surface area contributed by atoms with Gasteiger partial charge in [0.1, 0.15) is 0 Å². The van der Waals surface area contributed by atoms with E-state index in [2.05, 4.69) is 17.1 Å². The number of anilines is 1. The second-order valence-electron chi connectivity index (χ2n) is 4.08. The Hall–Kier alpha value is -1.44. The summed E-state index contributed by atoms with van der Waals surface area (Å²) in [6.45, 7) is 0. The third kappa shape index (κ3) is 0.969. The van der Waals surface area contributed by atoms with Gasteiger partial charge in [-0.25, -0.2) is 0 Å². The van der Waals surface area contributed by atoms with E-state index in [4.69, 9.17) is 5.73 Å². The fourth-order valence-corrected chi connectivity index (χ4v) is 2.51. The van der Waals surface area contributed by atoms with E-state index in [0.29, 0.717) is 0 Å². The molecule has 2 nitrogen and oxygen atoms in total. The van der Waals surface area contributed by atoms with E-state index in [0.717, 1.165) is 5.69 Å². The molecule has 14 heavy (non-hydrogen) atoms. The Balaban J connectivity index is 2.38. The van der Waals surface area contributed by atoms with Crippen LogP contribution in [0.3, 0.4) is 0 Å². The molecule has 0 bridgehead atoms. The molecule has 1 aliphatic carbocycles. The molecule has 0 amide bonds. The van der Waals surface area contributed by atoms with E-state index in [1.165, 1.54) is 47.7 Å². The van der Waals surface area contributed by atoms with Gasteiger partial charge >= 0.3 is 0 Å². The average Bonchev–Trinajstić information content (AvgIpc) is 2.61. The molecule has 0 atom stereocenters. The van der Waals surface area contributed by atoms with E-state index in [1.54, 1.807) is 0 Å². The molecule has 1 aromatic carbocycles. The van der Waals surface area contributed by atoms with Gasteiger partial charge in [0.05, 0.1) is 5.69 Å². The van der Waals surface area contributed by atoms with Gasteiger partial charge < -0.3 is 10.7 Å². The zero-order valence-electron chi connectivity index (χ0n) is 8.14. The van der Waals surface area contributed by atoms with E-state index in [9.17, 15) is 0 Å². The summed E-state index contributed by atoms with van der Waals surface area (Å²) in [5, 5.41) is 1.27.